The molecule has 4 nitrogen and oxygen atoms in total. The van der Waals surface area contributed by atoms with Gasteiger partial charge in [-0.15, -0.1) is 0 Å². The van der Waals surface area contributed by atoms with Crippen LogP contribution < -0.4 is 5.73 Å². The summed E-state index contributed by atoms with van der Waals surface area (Å²) >= 11 is 0. The minimum atomic E-state index is -0.0174. The molecule has 4 heteroatoms. The van der Waals surface area contributed by atoms with E-state index in [0.717, 1.165) is 31.4 Å². The topological polar surface area (TPSA) is 59.2 Å². The third-order valence-electron chi connectivity index (χ3n) is 3.89. The SMILES string of the molecule is CN(Cc1ccccn1)C(=O)C1CCCCCC1N. The minimum absolute atomic E-state index is 0.0150. The number of pyridine rings is 1. The van der Waals surface area contributed by atoms with Gasteiger partial charge in [0, 0.05) is 19.3 Å². The molecule has 1 aliphatic rings. The van der Waals surface area contributed by atoms with Gasteiger partial charge in [-0.05, 0) is 25.0 Å². The summed E-state index contributed by atoms with van der Waals surface area (Å²) in [7, 11) is 1.84. The number of amides is 1. The predicted molar refractivity (Wildman–Crippen MR) is 75.3 cm³/mol. The van der Waals surface area contributed by atoms with E-state index in [0.29, 0.717) is 6.54 Å². The Kier molecular flexibility index (Phi) is 4.91. The number of hydrogen-bond acceptors (Lipinski definition) is 3. The Bertz CT molecular complexity index is 407. The highest BCUT2D eigenvalue weighted by molar-refractivity contribution is 5.79. The van der Waals surface area contributed by atoms with Gasteiger partial charge >= 0.3 is 0 Å². The van der Waals surface area contributed by atoms with Gasteiger partial charge in [0.15, 0.2) is 0 Å². The van der Waals surface area contributed by atoms with E-state index in [-0.39, 0.29) is 17.9 Å². The first kappa shape index (κ1) is 14.0. The van der Waals surface area contributed by atoms with Gasteiger partial charge in [-0.3, -0.25) is 9.78 Å². The third kappa shape index (κ3) is 3.77. The van der Waals surface area contributed by atoms with Crippen molar-refractivity contribution < 1.29 is 4.79 Å². The number of nitrogens with two attached hydrogens (primary N) is 1. The lowest BCUT2D eigenvalue weighted by molar-refractivity contribution is -0.135. The second kappa shape index (κ2) is 6.66. The molecule has 1 saturated carbocycles. The molecule has 2 N–H and O–H groups in total. The van der Waals surface area contributed by atoms with Crippen molar-refractivity contribution in [2.45, 2.75) is 44.7 Å². The van der Waals surface area contributed by atoms with Crippen LogP contribution in [0.5, 0.6) is 0 Å². The van der Waals surface area contributed by atoms with Crippen LogP contribution >= 0.6 is 0 Å². The highest BCUT2D eigenvalue weighted by Crippen LogP contribution is 2.24. The van der Waals surface area contributed by atoms with Crippen molar-refractivity contribution >= 4 is 5.91 Å². The Morgan fingerprint density at radius 1 is 1.37 bits per heavy atom. The van der Waals surface area contributed by atoms with Gasteiger partial charge in [-0.1, -0.05) is 25.3 Å². The molecule has 19 heavy (non-hydrogen) atoms. The van der Waals surface area contributed by atoms with Crippen LogP contribution in [0.2, 0.25) is 0 Å². The van der Waals surface area contributed by atoms with E-state index in [1.807, 2.05) is 25.2 Å². The summed E-state index contributed by atoms with van der Waals surface area (Å²) in [6, 6.07) is 5.78. The Hall–Kier alpha value is -1.42. The lowest BCUT2D eigenvalue weighted by Gasteiger charge is -2.26. The lowest BCUT2D eigenvalue weighted by atomic mass is 9.94. The third-order valence-corrected chi connectivity index (χ3v) is 3.89. The number of carbonyl (C=O) groups is 1. The average molecular weight is 261 g/mol. The second-order valence-electron chi connectivity index (χ2n) is 5.42. The molecular formula is C15H23N3O. The second-order valence-corrected chi connectivity index (χ2v) is 5.42. The van der Waals surface area contributed by atoms with Gasteiger partial charge in [-0.2, -0.15) is 0 Å². The zero-order valence-electron chi connectivity index (χ0n) is 11.6. The summed E-state index contributed by atoms with van der Waals surface area (Å²) in [6.07, 6.45) is 7.10. The van der Waals surface area contributed by atoms with Gasteiger partial charge < -0.3 is 10.6 Å². The summed E-state index contributed by atoms with van der Waals surface area (Å²) in [5.41, 5.74) is 7.07. The Balaban J connectivity index is 1.97. The van der Waals surface area contributed by atoms with Crippen molar-refractivity contribution in [2.75, 3.05) is 7.05 Å². The molecule has 104 valence electrons. The summed E-state index contributed by atoms with van der Waals surface area (Å²) in [5, 5.41) is 0. The van der Waals surface area contributed by atoms with Crippen molar-refractivity contribution in [2.24, 2.45) is 11.7 Å². The first-order valence-electron chi connectivity index (χ1n) is 7.09. The normalized spacial score (nSPS) is 23.7. The van der Waals surface area contributed by atoms with Crippen LogP contribution in [-0.4, -0.2) is 28.9 Å². The standard InChI is InChI=1S/C15H23N3O/c1-18(11-12-7-5-6-10-17-12)15(19)13-8-3-2-4-9-14(13)16/h5-7,10,13-14H,2-4,8-9,11,16H2,1H3. The molecule has 2 atom stereocenters. The van der Waals surface area contributed by atoms with E-state index in [9.17, 15) is 4.79 Å². The molecule has 1 fully saturated rings. The molecule has 1 aromatic rings. The molecule has 1 aliphatic carbocycles. The summed E-state index contributed by atoms with van der Waals surface area (Å²) < 4.78 is 0. The highest BCUT2D eigenvalue weighted by atomic mass is 16.2. The fraction of sp³-hybridized carbons (Fsp3) is 0.600. The van der Waals surface area contributed by atoms with Crippen LogP contribution in [0, 0.1) is 5.92 Å². The Labute approximate surface area is 115 Å². The lowest BCUT2D eigenvalue weighted by Crippen LogP contribution is -2.42. The van der Waals surface area contributed by atoms with E-state index < -0.39 is 0 Å². The first-order chi connectivity index (χ1) is 9.18. The zero-order chi connectivity index (χ0) is 13.7. The van der Waals surface area contributed by atoms with Crippen molar-refractivity contribution in [3.63, 3.8) is 0 Å². The van der Waals surface area contributed by atoms with E-state index in [2.05, 4.69) is 4.98 Å². The van der Waals surface area contributed by atoms with Gasteiger partial charge in [-0.25, -0.2) is 0 Å². The maximum absolute atomic E-state index is 12.5. The van der Waals surface area contributed by atoms with E-state index in [1.165, 1.54) is 6.42 Å². The molecule has 0 radical (unpaired) electrons. The Morgan fingerprint density at radius 2 is 2.16 bits per heavy atom. The van der Waals surface area contributed by atoms with Gasteiger partial charge in [0.05, 0.1) is 18.2 Å². The molecule has 1 aromatic heterocycles. The van der Waals surface area contributed by atoms with Crippen molar-refractivity contribution in [3.8, 4) is 0 Å². The molecule has 1 amide bonds. The number of rotatable bonds is 3. The van der Waals surface area contributed by atoms with Crippen molar-refractivity contribution in [1.82, 2.24) is 9.88 Å². The fourth-order valence-corrected chi connectivity index (χ4v) is 2.74. The van der Waals surface area contributed by atoms with E-state index in [4.69, 9.17) is 5.73 Å². The predicted octanol–water partition coefficient (Wildman–Crippen LogP) is 1.95. The van der Waals surface area contributed by atoms with Crippen LogP contribution in [0.4, 0.5) is 0 Å². The van der Waals surface area contributed by atoms with Gasteiger partial charge in [0.2, 0.25) is 5.91 Å². The first-order valence-corrected chi connectivity index (χ1v) is 7.09. The van der Waals surface area contributed by atoms with Gasteiger partial charge in [0.1, 0.15) is 0 Å². The molecule has 0 spiro atoms. The number of hydrogen-bond donors (Lipinski definition) is 1. The monoisotopic (exact) mass is 261 g/mol. The fourth-order valence-electron chi connectivity index (χ4n) is 2.74. The summed E-state index contributed by atoms with van der Waals surface area (Å²) in [6.45, 7) is 0.558. The average Bonchev–Trinajstić information content (AvgIpc) is 2.63. The molecule has 0 saturated heterocycles. The number of aromatic nitrogens is 1. The van der Waals surface area contributed by atoms with Crippen LogP contribution in [0.25, 0.3) is 0 Å². The maximum Gasteiger partial charge on any atom is 0.227 e. The van der Waals surface area contributed by atoms with Crippen molar-refractivity contribution in [3.05, 3.63) is 30.1 Å². The highest BCUT2D eigenvalue weighted by Gasteiger charge is 2.29. The van der Waals surface area contributed by atoms with E-state index in [1.54, 1.807) is 11.1 Å². The number of carbonyl (C=O) groups excluding carboxylic acids is 1. The van der Waals surface area contributed by atoms with Crippen molar-refractivity contribution in [1.29, 1.82) is 0 Å². The van der Waals surface area contributed by atoms with Gasteiger partial charge in [0.25, 0.3) is 0 Å². The molecule has 0 aromatic carbocycles. The number of nitrogens with zero attached hydrogens (tertiary/aromatic N) is 2. The zero-order valence-corrected chi connectivity index (χ0v) is 11.6. The van der Waals surface area contributed by atoms with Crippen LogP contribution in [-0.2, 0) is 11.3 Å². The Morgan fingerprint density at radius 3 is 2.89 bits per heavy atom. The van der Waals surface area contributed by atoms with Crippen LogP contribution in [0.1, 0.15) is 37.8 Å². The maximum atomic E-state index is 12.5. The van der Waals surface area contributed by atoms with Crippen LogP contribution in [0.3, 0.4) is 0 Å². The van der Waals surface area contributed by atoms with Crippen LogP contribution in [0.15, 0.2) is 24.4 Å². The molecule has 0 aliphatic heterocycles. The summed E-state index contributed by atoms with van der Waals surface area (Å²) in [4.78, 5) is 18.5. The quantitative estimate of drug-likeness (QED) is 0.846. The molecular weight excluding hydrogens is 238 g/mol. The molecule has 2 unspecified atom stereocenters. The smallest absolute Gasteiger partial charge is 0.227 e. The molecule has 2 rings (SSSR count). The largest absolute Gasteiger partial charge is 0.340 e. The van der Waals surface area contributed by atoms with E-state index >= 15 is 0 Å². The minimum Gasteiger partial charge on any atom is -0.340 e. The molecule has 0 bridgehead atoms. The molecule has 1 heterocycles. The summed E-state index contributed by atoms with van der Waals surface area (Å²) in [5.74, 6) is 0.149.